The monoisotopic (exact) mass is 283 g/mol. The molecule has 0 radical (unpaired) electrons. The van der Waals surface area contributed by atoms with Crippen LogP contribution in [-0.4, -0.2) is 38.0 Å². The van der Waals surface area contributed by atoms with Gasteiger partial charge in [0.2, 0.25) is 10.0 Å². The number of aryl methyl sites for hydroxylation is 2. The molecule has 1 aromatic rings. The summed E-state index contributed by atoms with van der Waals surface area (Å²) < 4.78 is 32.6. The van der Waals surface area contributed by atoms with Crippen molar-refractivity contribution in [2.24, 2.45) is 0 Å². The number of nitrogens with zero attached hydrogens (tertiary/aromatic N) is 1. The van der Waals surface area contributed by atoms with E-state index in [0.717, 1.165) is 11.1 Å². The van der Waals surface area contributed by atoms with Crippen LogP contribution >= 0.6 is 0 Å². The van der Waals surface area contributed by atoms with E-state index in [-0.39, 0.29) is 0 Å². The molecule has 0 unspecified atom stereocenters. The summed E-state index contributed by atoms with van der Waals surface area (Å²) in [6.45, 7) is 8.88. The Kier molecular flexibility index (Phi) is 3.73. The fraction of sp³-hybridized carbons (Fsp3) is 0.571. The van der Waals surface area contributed by atoms with Gasteiger partial charge in [-0.05, 0) is 39.3 Å². The van der Waals surface area contributed by atoms with Crippen LogP contribution in [0.15, 0.2) is 23.1 Å². The minimum Gasteiger partial charge on any atom is -0.378 e. The first-order valence-electron chi connectivity index (χ1n) is 6.43. The maximum Gasteiger partial charge on any atom is 0.243 e. The third-order valence-corrected chi connectivity index (χ3v) is 5.74. The molecule has 0 bridgehead atoms. The Morgan fingerprint density at radius 2 is 1.95 bits per heavy atom. The van der Waals surface area contributed by atoms with Crippen LogP contribution in [0.25, 0.3) is 0 Å². The second-order valence-electron chi connectivity index (χ2n) is 5.71. The van der Waals surface area contributed by atoms with Crippen LogP contribution in [-0.2, 0) is 14.8 Å². The highest BCUT2D eigenvalue weighted by Crippen LogP contribution is 2.29. The van der Waals surface area contributed by atoms with Crippen LogP contribution in [0.5, 0.6) is 0 Å². The summed E-state index contributed by atoms with van der Waals surface area (Å²) in [5, 5.41) is 0. The molecule has 1 fully saturated rings. The molecular weight excluding hydrogens is 262 g/mol. The third kappa shape index (κ3) is 2.68. The van der Waals surface area contributed by atoms with Gasteiger partial charge in [-0.25, -0.2) is 8.42 Å². The molecular formula is C14H21NO3S. The van der Waals surface area contributed by atoms with Crippen LogP contribution in [0.3, 0.4) is 0 Å². The maximum absolute atomic E-state index is 12.8. The van der Waals surface area contributed by atoms with Crippen molar-refractivity contribution < 1.29 is 13.2 Å². The molecule has 0 aliphatic carbocycles. The number of morpholine rings is 1. The smallest absolute Gasteiger partial charge is 0.243 e. The normalized spacial score (nSPS) is 20.4. The van der Waals surface area contributed by atoms with Crippen molar-refractivity contribution in [2.45, 2.75) is 38.1 Å². The Bertz CT molecular complexity index is 578. The van der Waals surface area contributed by atoms with E-state index >= 15 is 0 Å². The van der Waals surface area contributed by atoms with E-state index in [1.54, 1.807) is 10.4 Å². The fourth-order valence-corrected chi connectivity index (χ4v) is 4.46. The summed E-state index contributed by atoms with van der Waals surface area (Å²) in [6, 6.07) is 5.44. The zero-order valence-corrected chi connectivity index (χ0v) is 12.8. The number of hydrogen-bond donors (Lipinski definition) is 0. The van der Waals surface area contributed by atoms with Gasteiger partial charge in [0.15, 0.2) is 0 Å². The quantitative estimate of drug-likeness (QED) is 0.835. The van der Waals surface area contributed by atoms with Crippen molar-refractivity contribution in [2.75, 3.05) is 19.8 Å². The van der Waals surface area contributed by atoms with Crippen molar-refractivity contribution in [3.8, 4) is 0 Å². The van der Waals surface area contributed by atoms with Crippen LogP contribution < -0.4 is 0 Å². The summed E-state index contributed by atoms with van der Waals surface area (Å²) >= 11 is 0. The van der Waals surface area contributed by atoms with E-state index in [1.807, 2.05) is 39.8 Å². The largest absolute Gasteiger partial charge is 0.378 e. The summed E-state index contributed by atoms with van der Waals surface area (Å²) in [4.78, 5) is 0.396. The lowest BCUT2D eigenvalue weighted by Crippen LogP contribution is -2.55. The summed E-state index contributed by atoms with van der Waals surface area (Å²) in [5.41, 5.74) is 1.36. The summed E-state index contributed by atoms with van der Waals surface area (Å²) in [7, 11) is -3.46. The number of benzene rings is 1. The Morgan fingerprint density at radius 3 is 2.53 bits per heavy atom. The van der Waals surface area contributed by atoms with Gasteiger partial charge in [-0.2, -0.15) is 4.31 Å². The van der Waals surface area contributed by atoms with E-state index < -0.39 is 15.6 Å². The molecule has 1 aromatic carbocycles. The van der Waals surface area contributed by atoms with Gasteiger partial charge in [0.05, 0.1) is 23.6 Å². The van der Waals surface area contributed by atoms with Gasteiger partial charge < -0.3 is 4.74 Å². The van der Waals surface area contributed by atoms with Crippen LogP contribution in [0.4, 0.5) is 0 Å². The predicted octanol–water partition coefficient (Wildman–Crippen LogP) is 2.10. The van der Waals surface area contributed by atoms with Crippen molar-refractivity contribution >= 4 is 10.0 Å². The second kappa shape index (κ2) is 4.89. The molecule has 1 aliphatic heterocycles. The zero-order valence-electron chi connectivity index (χ0n) is 11.9. The van der Waals surface area contributed by atoms with Gasteiger partial charge in [-0.3, -0.25) is 0 Å². The molecule has 0 amide bonds. The van der Waals surface area contributed by atoms with Gasteiger partial charge >= 0.3 is 0 Å². The van der Waals surface area contributed by atoms with Crippen molar-refractivity contribution in [1.82, 2.24) is 4.31 Å². The highest BCUT2D eigenvalue weighted by Gasteiger charge is 2.40. The topological polar surface area (TPSA) is 46.6 Å². The fourth-order valence-electron chi connectivity index (χ4n) is 2.50. The molecule has 5 heteroatoms. The molecule has 0 spiro atoms. The van der Waals surface area contributed by atoms with Gasteiger partial charge in [-0.1, -0.05) is 17.7 Å². The molecule has 1 saturated heterocycles. The van der Waals surface area contributed by atoms with Gasteiger partial charge in [0.25, 0.3) is 0 Å². The molecule has 0 atom stereocenters. The standard InChI is InChI=1S/C14H21NO3S/c1-11-5-6-13(12(2)9-11)19(16,17)15-7-8-18-10-14(15,3)4/h5-6,9H,7-8,10H2,1-4H3. The van der Waals surface area contributed by atoms with Gasteiger partial charge in [0, 0.05) is 6.54 Å². The lowest BCUT2D eigenvalue weighted by Gasteiger charge is -2.41. The molecule has 19 heavy (non-hydrogen) atoms. The second-order valence-corrected chi connectivity index (χ2v) is 7.54. The van der Waals surface area contributed by atoms with E-state index in [4.69, 9.17) is 4.74 Å². The maximum atomic E-state index is 12.8. The number of rotatable bonds is 2. The Morgan fingerprint density at radius 1 is 1.26 bits per heavy atom. The van der Waals surface area contributed by atoms with E-state index in [9.17, 15) is 8.42 Å². The molecule has 0 aromatic heterocycles. The Labute approximate surface area is 115 Å². The molecule has 106 valence electrons. The first-order chi connectivity index (χ1) is 8.75. The first kappa shape index (κ1) is 14.5. The SMILES string of the molecule is Cc1ccc(S(=O)(=O)N2CCOCC2(C)C)c(C)c1. The molecule has 4 nitrogen and oxygen atoms in total. The van der Waals surface area contributed by atoms with Gasteiger partial charge in [-0.15, -0.1) is 0 Å². The Hall–Kier alpha value is -0.910. The van der Waals surface area contributed by atoms with E-state index in [2.05, 4.69) is 0 Å². The van der Waals surface area contributed by atoms with Crippen molar-refractivity contribution in [3.63, 3.8) is 0 Å². The Balaban J connectivity index is 2.47. The van der Waals surface area contributed by atoms with E-state index in [1.165, 1.54) is 0 Å². The minimum atomic E-state index is -3.46. The first-order valence-corrected chi connectivity index (χ1v) is 7.87. The molecule has 0 saturated carbocycles. The third-order valence-electron chi connectivity index (χ3n) is 3.47. The highest BCUT2D eigenvalue weighted by atomic mass is 32.2. The lowest BCUT2D eigenvalue weighted by atomic mass is 10.1. The zero-order chi connectivity index (χ0) is 14.3. The van der Waals surface area contributed by atoms with Gasteiger partial charge in [0.1, 0.15) is 0 Å². The number of sulfonamides is 1. The minimum absolute atomic E-state index is 0.396. The van der Waals surface area contributed by atoms with Crippen molar-refractivity contribution in [1.29, 1.82) is 0 Å². The summed E-state index contributed by atoms with van der Waals surface area (Å²) in [6.07, 6.45) is 0. The molecule has 2 rings (SSSR count). The highest BCUT2D eigenvalue weighted by molar-refractivity contribution is 7.89. The van der Waals surface area contributed by atoms with Crippen LogP contribution in [0.2, 0.25) is 0 Å². The summed E-state index contributed by atoms with van der Waals surface area (Å²) in [5.74, 6) is 0. The predicted molar refractivity (Wildman–Crippen MR) is 74.7 cm³/mol. The van der Waals surface area contributed by atoms with Crippen LogP contribution in [0.1, 0.15) is 25.0 Å². The lowest BCUT2D eigenvalue weighted by molar-refractivity contribution is -0.00772. The van der Waals surface area contributed by atoms with E-state index in [0.29, 0.717) is 24.7 Å². The molecule has 1 aliphatic rings. The number of ether oxygens (including phenoxy) is 1. The molecule has 0 N–H and O–H groups in total. The molecule has 1 heterocycles. The van der Waals surface area contributed by atoms with Crippen LogP contribution in [0, 0.1) is 13.8 Å². The average Bonchev–Trinajstić information content (AvgIpc) is 2.27. The average molecular weight is 283 g/mol. The van der Waals surface area contributed by atoms with Crippen molar-refractivity contribution in [3.05, 3.63) is 29.3 Å². The number of hydrogen-bond acceptors (Lipinski definition) is 3.